The van der Waals surface area contributed by atoms with Gasteiger partial charge in [-0.05, 0) is 18.4 Å². The summed E-state index contributed by atoms with van der Waals surface area (Å²) in [6, 6.07) is 10.4. The zero-order chi connectivity index (χ0) is 14.9. The SMILES string of the molecule is NCCN(CC(=O)NC1CCOCC1)Cc1ccccc1. The standard InChI is InChI=1S/C16H25N3O2/c17-8-9-19(12-14-4-2-1-3-5-14)13-16(20)18-15-6-10-21-11-7-15/h1-5,15H,6-13,17H2,(H,18,20). The zero-order valence-corrected chi connectivity index (χ0v) is 12.5. The van der Waals surface area contributed by atoms with E-state index in [0.29, 0.717) is 13.1 Å². The monoisotopic (exact) mass is 291 g/mol. The molecule has 1 saturated heterocycles. The number of amides is 1. The van der Waals surface area contributed by atoms with Crippen LogP contribution in [0.25, 0.3) is 0 Å². The third kappa shape index (κ3) is 5.83. The number of ether oxygens (including phenoxy) is 1. The lowest BCUT2D eigenvalue weighted by Crippen LogP contribution is -2.45. The van der Waals surface area contributed by atoms with Gasteiger partial charge in [-0.25, -0.2) is 0 Å². The Labute approximate surface area is 126 Å². The molecule has 3 N–H and O–H groups in total. The number of hydrogen-bond donors (Lipinski definition) is 2. The highest BCUT2D eigenvalue weighted by molar-refractivity contribution is 5.78. The lowest BCUT2D eigenvalue weighted by atomic mass is 10.1. The summed E-state index contributed by atoms with van der Waals surface area (Å²) in [6.07, 6.45) is 1.81. The van der Waals surface area contributed by atoms with Crippen molar-refractivity contribution in [3.05, 3.63) is 35.9 Å². The van der Waals surface area contributed by atoms with Gasteiger partial charge < -0.3 is 15.8 Å². The lowest BCUT2D eigenvalue weighted by Gasteiger charge is -2.26. The minimum Gasteiger partial charge on any atom is -0.381 e. The Hall–Kier alpha value is -1.43. The molecule has 0 unspecified atom stereocenters. The Balaban J connectivity index is 1.82. The lowest BCUT2D eigenvalue weighted by molar-refractivity contribution is -0.123. The van der Waals surface area contributed by atoms with Crippen LogP contribution in [0.15, 0.2) is 30.3 Å². The second kappa shape index (κ2) is 8.77. The van der Waals surface area contributed by atoms with Gasteiger partial charge in [-0.3, -0.25) is 9.69 Å². The largest absolute Gasteiger partial charge is 0.381 e. The minimum atomic E-state index is 0.0753. The van der Waals surface area contributed by atoms with E-state index in [9.17, 15) is 4.79 Å². The smallest absolute Gasteiger partial charge is 0.234 e. The molecule has 2 rings (SSSR count). The topological polar surface area (TPSA) is 67.6 Å². The minimum absolute atomic E-state index is 0.0753. The van der Waals surface area contributed by atoms with Gasteiger partial charge in [-0.1, -0.05) is 30.3 Å². The van der Waals surface area contributed by atoms with Gasteiger partial charge in [0.15, 0.2) is 0 Å². The normalized spacial score (nSPS) is 16.1. The van der Waals surface area contributed by atoms with E-state index < -0.39 is 0 Å². The third-order valence-electron chi connectivity index (χ3n) is 3.65. The van der Waals surface area contributed by atoms with E-state index in [1.807, 2.05) is 18.2 Å². The van der Waals surface area contributed by atoms with Crippen molar-refractivity contribution in [1.82, 2.24) is 10.2 Å². The maximum atomic E-state index is 12.2. The predicted molar refractivity (Wildman–Crippen MR) is 82.8 cm³/mol. The number of benzene rings is 1. The summed E-state index contributed by atoms with van der Waals surface area (Å²) in [4.78, 5) is 14.2. The predicted octanol–water partition coefficient (Wildman–Crippen LogP) is 0.743. The first-order valence-corrected chi connectivity index (χ1v) is 7.61. The van der Waals surface area contributed by atoms with Crippen LogP contribution in [0.4, 0.5) is 0 Å². The van der Waals surface area contributed by atoms with Crippen molar-refractivity contribution in [3.63, 3.8) is 0 Å². The molecule has 5 heteroatoms. The molecule has 1 amide bonds. The van der Waals surface area contributed by atoms with E-state index in [-0.39, 0.29) is 11.9 Å². The number of nitrogens with one attached hydrogen (secondary N) is 1. The van der Waals surface area contributed by atoms with E-state index in [0.717, 1.165) is 39.1 Å². The van der Waals surface area contributed by atoms with Gasteiger partial charge in [0.2, 0.25) is 5.91 Å². The quantitative estimate of drug-likeness (QED) is 0.777. The molecule has 5 nitrogen and oxygen atoms in total. The fourth-order valence-electron chi connectivity index (χ4n) is 2.56. The molecule has 0 radical (unpaired) electrons. The van der Waals surface area contributed by atoms with Crippen molar-refractivity contribution < 1.29 is 9.53 Å². The average Bonchev–Trinajstić information content (AvgIpc) is 2.49. The second-order valence-electron chi connectivity index (χ2n) is 5.44. The molecule has 0 bridgehead atoms. The van der Waals surface area contributed by atoms with Crippen molar-refractivity contribution >= 4 is 5.91 Å². The van der Waals surface area contributed by atoms with Gasteiger partial charge >= 0.3 is 0 Å². The molecule has 0 atom stereocenters. The van der Waals surface area contributed by atoms with Crippen LogP contribution < -0.4 is 11.1 Å². The first-order valence-electron chi connectivity index (χ1n) is 7.61. The fourth-order valence-corrected chi connectivity index (χ4v) is 2.56. The first kappa shape index (κ1) is 15.9. The summed E-state index contributed by atoms with van der Waals surface area (Å²) in [5.74, 6) is 0.0753. The molecule has 1 fully saturated rings. The summed E-state index contributed by atoms with van der Waals surface area (Å²) in [5.41, 5.74) is 6.85. The number of carbonyl (C=O) groups excluding carboxylic acids is 1. The summed E-state index contributed by atoms with van der Waals surface area (Å²) in [7, 11) is 0. The zero-order valence-electron chi connectivity index (χ0n) is 12.5. The Kier molecular flexibility index (Phi) is 6.66. The Morgan fingerprint density at radius 2 is 2.00 bits per heavy atom. The van der Waals surface area contributed by atoms with Gasteiger partial charge in [0, 0.05) is 38.9 Å². The number of nitrogens with zero attached hydrogens (tertiary/aromatic N) is 1. The number of hydrogen-bond acceptors (Lipinski definition) is 4. The van der Waals surface area contributed by atoms with Gasteiger partial charge in [0.05, 0.1) is 6.54 Å². The maximum absolute atomic E-state index is 12.2. The highest BCUT2D eigenvalue weighted by Crippen LogP contribution is 2.07. The number of carbonyl (C=O) groups is 1. The van der Waals surface area contributed by atoms with Crippen molar-refractivity contribution in [2.75, 3.05) is 32.8 Å². The van der Waals surface area contributed by atoms with Crippen molar-refractivity contribution in [3.8, 4) is 0 Å². The molecular weight excluding hydrogens is 266 g/mol. The molecule has 1 aliphatic heterocycles. The van der Waals surface area contributed by atoms with Gasteiger partial charge in [-0.2, -0.15) is 0 Å². The second-order valence-corrected chi connectivity index (χ2v) is 5.44. The molecule has 1 aromatic carbocycles. The van der Waals surface area contributed by atoms with Crippen LogP contribution in [0, 0.1) is 0 Å². The van der Waals surface area contributed by atoms with Gasteiger partial charge in [-0.15, -0.1) is 0 Å². The van der Waals surface area contributed by atoms with Crippen LogP contribution in [-0.2, 0) is 16.1 Å². The van der Waals surface area contributed by atoms with E-state index in [2.05, 4.69) is 22.3 Å². The molecule has 1 heterocycles. The first-order chi connectivity index (χ1) is 10.3. The van der Waals surface area contributed by atoms with Crippen molar-refractivity contribution in [1.29, 1.82) is 0 Å². The summed E-state index contributed by atoms with van der Waals surface area (Å²) >= 11 is 0. The highest BCUT2D eigenvalue weighted by atomic mass is 16.5. The Bertz CT molecular complexity index is 419. The Morgan fingerprint density at radius 1 is 1.29 bits per heavy atom. The van der Waals surface area contributed by atoms with E-state index in [1.165, 1.54) is 5.56 Å². The maximum Gasteiger partial charge on any atom is 0.234 e. The molecule has 0 spiro atoms. The fraction of sp³-hybridized carbons (Fsp3) is 0.562. The Morgan fingerprint density at radius 3 is 2.67 bits per heavy atom. The molecular formula is C16H25N3O2. The molecule has 21 heavy (non-hydrogen) atoms. The van der Waals surface area contributed by atoms with Crippen molar-refractivity contribution in [2.24, 2.45) is 5.73 Å². The summed E-state index contributed by atoms with van der Waals surface area (Å²) in [5, 5.41) is 3.09. The van der Waals surface area contributed by atoms with Crippen LogP contribution in [0.2, 0.25) is 0 Å². The number of rotatable bonds is 7. The van der Waals surface area contributed by atoms with Crippen LogP contribution >= 0.6 is 0 Å². The van der Waals surface area contributed by atoms with Crippen LogP contribution in [0.1, 0.15) is 18.4 Å². The molecule has 0 saturated carbocycles. The summed E-state index contributed by atoms with van der Waals surface area (Å²) < 4.78 is 5.30. The van der Waals surface area contributed by atoms with Gasteiger partial charge in [0.1, 0.15) is 0 Å². The van der Waals surface area contributed by atoms with E-state index in [4.69, 9.17) is 10.5 Å². The van der Waals surface area contributed by atoms with Crippen LogP contribution in [0.3, 0.4) is 0 Å². The summed E-state index contributed by atoms with van der Waals surface area (Å²) in [6.45, 7) is 3.89. The average molecular weight is 291 g/mol. The molecule has 1 aromatic rings. The number of nitrogens with two attached hydrogens (primary N) is 1. The molecule has 1 aliphatic rings. The van der Waals surface area contributed by atoms with Crippen LogP contribution in [0.5, 0.6) is 0 Å². The molecule has 116 valence electrons. The third-order valence-corrected chi connectivity index (χ3v) is 3.65. The molecule has 0 aromatic heterocycles. The van der Waals surface area contributed by atoms with E-state index in [1.54, 1.807) is 0 Å². The molecule has 0 aliphatic carbocycles. The van der Waals surface area contributed by atoms with Gasteiger partial charge in [0.25, 0.3) is 0 Å². The van der Waals surface area contributed by atoms with Crippen molar-refractivity contribution in [2.45, 2.75) is 25.4 Å². The van der Waals surface area contributed by atoms with Crippen LogP contribution in [-0.4, -0.2) is 49.7 Å². The highest BCUT2D eigenvalue weighted by Gasteiger charge is 2.17. The van der Waals surface area contributed by atoms with E-state index >= 15 is 0 Å².